The lowest BCUT2D eigenvalue weighted by molar-refractivity contribution is -0.144. The lowest BCUT2D eigenvalue weighted by Gasteiger charge is -2.21. The van der Waals surface area contributed by atoms with Gasteiger partial charge < -0.3 is 24.5 Å². The summed E-state index contributed by atoms with van der Waals surface area (Å²) in [7, 11) is 0. The van der Waals surface area contributed by atoms with E-state index in [9.17, 15) is 0 Å². The summed E-state index contributed by atoms with van der Waals surface area (Å²) >= 11 is 1.83. The number of thioether (sulfide) groups is 1. The van der Waals surface area contributed by atoms with Crippen LogP contribution >= 0.6 is 11.8 Å². The Morgan fingerprint density at radius 3 is 2.61 bits per heavy atom. The van der Waals surface area contributed by atoms with E-state index in [0.29, 0.717) is 19.8 Å². The van der Waals surface area contributed by atoms with E-state index >= 15 is 0 Å². The molecule has 1 aliphatic heterocycles. The van der Waals surface area contributed by atoms with Gasteiger partial charge in [0.05, 0.1) is 19.5 Å². The van der Waals surface area contributed by atoms with Gasteiger partial charge >= 0.3 is 0 Å². The molecule has 1 aromatic heterocycles. The quantitative estimate of drug-likeness (QED) is 0.275. The molecule has 1 aliphatic rings. The molecule has 6 nitrogen and oxygen atoms in total. The summed E-state index contributed by atoms with van der Waals surface area (Å²) in [4.78, 5) is 5.97. The molecule has 2 N–H and O–H groups in total. The number of nitrogens with zero attached hydrogens (tertiary/aromatic N) is 1. The van der Waals surface area contributed by atoms with E-state index in [1.807, 2.05) is 36.9 Å². The van der Waals surface area contributed by atoms with Crippen molar-refractivity contribution >= 4 is 17.7 Å². The molecule has 0 atom stereocenters. The zero-order chi connectivity index (χ0) is 19.5. The number of rotatable bonds is 10. The normalized spacial score (nSPS) is 16.2. The Hall–Kier alpha value is -1.96. The van der Waals surface area contributed by atoms with Gasteiger partial charge in [-0.15, -0.1) is 11.8 Å². The lowest BCUT2D eigenvalue weighted by atomic mass is 10.2. The maximum Gasteiger partial charge on any atom is 0.191 e. The van der Waals surface area contributed by atoms with Gasteiger partial charge in [0.25, 0.3) is 0 Å². The van der Waals surface area contributed by atoms with Crippen molar-refractivity contribution in [2.75, 3.05) is 38.6 Å². The molecule has 0 amide bonds. The summed E-state index contributed by atoms with van der Waals surface area (Å²) in [6, 6.07) is 14.3. The number of benzene rings is 1. The summed E-state index contributed by atoms with van der Waals surface area (Å²) in [5, 5.41) is 6.80. The van der Waals surface area contributed by atoms with Crippen LogP contribution in [0.15, 0.2) is 63.0 Å². The highest BCUT2D eigenvalue weighted by atomic mass is 32.2. The second-order valence-electron chi connectivity index (χ2n) is 6.66. The molecular formula is C21H29N3O3S. The first-order valence-electron chi connectivity index (χ1n) is 9.74. The Morgan fingerprint density at radius 1 is 1.07 bits per heavy atom. The van der Waals surface area contributed by atoms with Crippen molar-refractivity contribution in [1.29, 1.82) is 0 Å². The molecule has 0 saturated carbocycles. The fraction of sp³-hybridized carbons (Fsp3) is 0.476. The van der Waals surface area contributed by atoms with Crippen LogP contribution in [0.5, 0.6) is 0 Å². The molecule has 0 bridgehead atoms. The molecule has 0 spiro atoms. The van der Waals surface area contributed by atoms with Crippen LogP contribution < -0.4 is 10.6 Å². The van der Waals surface area contributed by atoms with E-state index < -0.39 is 5.79 Å². The van der Waals surface area contributed by atoms with Crippen LogP contribution in [-0.4, -0.2) is 50.3 Å². The molecule has 0 unspecified atom stereocenters. The molecule has 1 fully saturated rings. The van der Waals surface area contributed by atoms with Gasteiger partial charge in [0.1, 0.15) is 5.76 Å². The van der Waals surface area contributed by atoms with Crippen molar-refractivity contribution in [2.45, 2.75) is 30.4 Å². The molecule has 0 aliphatic carbocycles. The van der Waals surface area contributed by atoms with Crippen LogP contribution in [0.2, 0.25) is 0 Å². The third kappa shape index (κ3) is 7.22. The molecule has 152 valence electrons. The minimum atomic E-state index is -0.508. The minimum Gasteiger partial charge on any atom is -0.469 e. The summed E-state index contributed by atoms with van der Waals surface area (Å²) in [6.45, 7) is 5.51. The van der Waals surface area contributed by atoms with E-state index in [1.54, 1.807) is 6.26 Å². The smallest absolute Gasteiger partial charge is 0.191 e. The highest BCUT2D eigenvalue weighted by molar-refractivity contribution is 7.99. The van der Waals surface area contributed by atoms with Crippen molar-refractivity contribution in [3.05, 3.63) is 54.5 Å². The number of guanidine groups is 1. The fourth-order valence-electron chi connectivity index (χ4n) is 2.86. The van der Waals surface area contributed by atoms with E-state index in [2.05, 4.69) is 34.9 Å². The topological polar surface area (TPSA) is 68.0 Å². The third-order valence-corrected chi connectivity index (χ3v) is 5.40. The first-order chi connectivity index (χ1) is 13.7. The van der Waals surface area contributed by atoms with Crippen molar-refractivity contribution in [3.63, 3.8) is 0 Å². The standard InChI is InChI=1S/C21H29N3O3S/c1-21(26-15-16-27-21)10-12-23-20(22-11-9-18-6-5-14-25-18)24-13-17-28-19-7-3-2-4-8-19/h2-8,14H,9-13,15-17H2,1H3,(H2,22,23,24). The highest BCUT2D eigenvalue weighted by Gasteiger charge is 2.30. The summed E-state index contributed by atoms with van der Waals surface area (Å²) < 4.78 is 16.7. The number of aliphatic imine (C=N–C) groups is 1. The van der Waals surface area contributed by atoms with Crippen LogP contribution in [0.3, 0.4) is 0 Å². The molecular weight excluding hydrogens is 374 g/mol. The van der Waals surface area contributed by atoms with Gasteiger partial charge in [0.2, 0.25) is 0 Å². The van der Waals surface area contributed by atoms with E-state index in [4.69, 9.17) is 18.9 Å². The number of furan rings is 1. The second-order valence-corrected chi connectivity index (χ2v) is 7.82. The number of hydrogen-bond donors (Lipinski definition) is 2. The largest absolute Gasteiger partial charge is 0.469 e. The van der Waals surface area contributed by atoms with Crippen LogP contribution in [0.1, 0.15) is 19.1 Å². The van der Waals surface area contributed by atoms with Gasteiger partial charge in [-0.05, 0) is 31.2 Å². The Morgan fingerprint density at radius 2 is 1.86 bits per heavy atom. The molecule has 1 saturated heterocycles. The fourth-order valence-corrected chi connectivity index (χ4v) is 3.65. The molecule has 2 heterocycles. The number of hydrogen-bond acceptors (Lipinski definition) is 5. The molecule has 1 aromatic carbocycles. The van der Waals surface area contributed by atoms with Gasteiger partial charge in [-0.1, -0.05) is 18.2 Å². The zero-order valence-corrected chi connectivity index (χ0v) is 17.2. The summed E-state index contributed by atoms with van der Waals surface area (Å²) in [5.41, 5.74) is 0. The number of nitrogens with one attached hydrogen (secondary N) is 2. The molecule has 28 heavy (non-hydrogen) atoms. The van der Waals surface area contributed by atoms with E-state index in [-0.39, 0.29) is 0 Å². The van der Waals surface area contributed by atoms with Crippen molar-refractivity contribution in [1.82, 2.24) is 10.6 Å². The van der Waals surface area contributed by atoms with Crippen LogP contribution in [0.25, 0.3) is 0 Å². The Kier molecular flexibility index (Phi) is 8.26. The average Bonchev–Trinajstić information content (AvgIpc) is 3.38. The second kappa shape index (κ2) is 11.1. The molecule has 2 aromatic rings. The summed E-state index contributed by atoms with van der Waals surface area (Å²) in [5.74, 6) is 2.23. The Bertz CT molecular complexity index is 701. The Labute approximate surface area is 171 Å². The average molecular weight is 404 g/mol. The lowest BCUT2D eigenvalue weighted by Crippen LogP contribution is -2.40. The maximum atomic E-state index is 5.65. The van der Waals surface area contributed by atoms with Crippen molar-refractivity contribution in [3.8, 4) is 0 Å². The van der Waals surface area contributed by atoms with Crippen LogP contribution in [0.4, 0.5) is 0 Å². The SMILES string of the molecule is CC1(CCN=C(NCCSc2ccccc2)NCCc2ccco2)OCCO1. The molecule has 0 radical (unpaired) electrons. The first-order valence-corrected chi connectivity index (χ1v) is 10.7. The van der Waals surface area contributed by atoms with E-state index in [1.165, 1.54) is 4.90 Å². The number of ether oxygens (including phenoxy) is 2. The first kappa shape index (κ1) is 20.8. The van der Waals surface area contributed by atoms with Crippen LogP contribution in [0, 0.1) is 0 Å². The van der Waals surface area contributed by atoms with Gasteiger partial charge in [-0.25, -0.2) is 0 Å². The molecule has 7 heteroatoms. The monoisotopic (exact) mass is 403 g/mol. The maximum absolute atomic E-state index is 5.65. The highest BCUT2D eigenvalue weighted by Crippen LogP contribution is 2.22. The van der Waals surface area contributed by atoms with Gasteiger partial charge in [-0.3, -0.25) is 4.99 Å². The Balaban J connectivity index is 1.44. The van der Waals surface area contributed by atoms with Crippen molar-refractivity contribution in [2.24, 2.45) is 4.99 Å². The van der Waals surface area contributed by atoms with Crippen LogP contribution in [-0.2, 0) is 15.9 Å². The predicted octanol–water partition coefficient (Wildman–Crippen LogP) is 3.30. The van der Waals surface area contributed by atoms with Gasteiger partial charge in [0, 0.05) is 43.1 Å². The third-order valence-electron chi connectivity index (χ3n) is 4.38. The summed E-state index contributed by atoms with van der Waals surface area (Å²) in [6.07, 6.45) is 3.25. The zero-order valence-electron chi connectivity index (χ0n) is 16.4. The van der Waals surface area contributed by atoms with Gasteiger partial charge in [0.15, 0.2) is 11.7 Å². The minimum absolute atomic E-state index is 0.508. The molecule has 3 rings (SSSR count). The van der Waals surface area contributed by atoms with Gasteiger partial charge in [-0.2, -0.15) is 0 Å². The predicted molar refractivity (Wildman–Crippen MR) is 113 cm³/mol. The van der Waals surface area contributed by atoms with E-state index in [0.717, 1.165) is 43.4 Å². The van der Waals surface area contributed by atoms with Crippen molar-refractivity contribution < 1.29 is 13.9 Å².